The predicted molar refractivity (Wildman–Crippen MR) is 64.8 cm³/mol. The van der Waals surface area contributed by atoms with Crippen molar-refractivity contribution < 1.29 is 9.26 Å². The van der Waals surface area contributed by atoms with Crippen LogP contribution in [0.15, 0.2) is 4.52 Å². The van der Waals surface area contributed by atoms with Gasteiger partial charge in [0.25, 0.3) is 0 Å². The molecule has 1 aliphatic rings. The number of nitrogens with one attached hydrogen (secondary N) is 1. The third-order valence-corrected chi connectivity index (χ3v) is 3.51. The van der Waals surface area contributed by atoms with Gasteiger partial charge < -0.3 is 14.6 Å². The van der Waals surface area contributed by atoms with Crippen LogP contribution in [0.25, 0.3) is 0 Å². The van der Waals surface area contributed by atoms with Crippen molar-refractivity contribution in [2.24, 2.45) is 5.92 Å². The van der Waals surface area contributed by atoms with E-state index < -0.39 is 0 Å². The van der Waals surface area contributed by atoms with E-state index in [1.807, 2.05) is 6.92 Å². The lowest BCUT2D eigenvalue weighted by atomic mass is 9.78. The Morgan fingerprint density at radius 1 is 1.59 bits per heavy atom. The average Bonchev–Trinajstić information content (AvgIpc) is 2.78. The molecule has 0 spiro atoms. The van der Waals surface area contributed by atoms with Crippen molar-refractivity contribution in [1.29, 1.82) is 0 Å². The van der Waals surface area contributed by atoms with Crippen molar-refractivity contribution in [2.75, 3.05) is 19.0 Å². The van der Waals surface area contributed by atoms with Gasteiger partial charge in [0.1, 0.15) is 5.60 Å². The van der Waals surface area contributed by atoms with Crippen LogP contribution in [0.4, 0.5) is 6.01 Å². The second kappa shape index (κ2) is 5.04. The first kappa shape index (κ1) is 12.4. The summed E-state index contributed by atoms with van der Waals surface area (Å²) in [5.41, 5.74) is -0.352. The number of hydrogen-bond acceptors (Lipinski definition) is 5. The monoisotopic (exact) mass is 239 g/mol. The quantitative estimate of drug-likeness (QED) is 0.875. The molecule has 1 fully saturated rings. The molecule has 5 nitrogen and oxygen atoms in total. The SMILES string of the molecule is CCNc1nc(C2(OC)CCCC(C)C2)no1. The number of hydrogen-bond donors (Lipinski definition) is 1. The van der Waals surface area contributed by atoms with Crippen LogP contribution < -0.4 is 5.32 Å². The van der Waals surface area contributed by atoms with Gasteiger partial charge in [0, 0.05) is 13.7 Å². The van der Waals surface area contributed by atoms with Crippen molar-refractivity contribution >= 4 is 6.01 Å². The molecule has 5 heteroatoms. The lowest BCUT2D eigenvalue weighted by Gasteiger charge is -2.36. The Morgan fingerprint density at radius 2 is 2.41 bits per heavy atom. The van der Waals surface area contributed by atoms with Gasteiger partial charge in [-0.1, -0.05) is 18.5 Å². The molecule has 1 heterocycles. The molecule has 1 saturated carbocycles. The van der Waals surface area contributed by atoms with Crippen LogP contribution in [0.1, 0.15) is 45.4 Å². The summed E-state index contributed by atoms with van der Waals surface area (Å²) in [5, 5.41) is 7.09. The Kier molecular flexibility index (Phi) is 3.66. The molecule has 1 aromatic heterocycles. The molecule has 1 N–H and O–H groups in total. The van der Waals surface area contributed by atoms with Crippen molar-refractivity contribution in [3.05, 3.63) is 5.82 Å². The predicted octanol–water partition coefficient (Wildman–Crippen LogP) is 2.55. The molecule has 17 heavy (non-hydrogen) atoms. The fourth-order valence-corrected chi connectivity index (χ4v) is 2.61. The standard InChI is InChI=1S/C12H21N3O2/c1-4-13-11-14-10(15-17-11)12(16-3)7-5-6-9(2)8-12/h9H,4-8H2,1-3H3,(H,13,14,15). The summed E-state index contributed by atoms with van der Waals surface area (Å²) in [6.45, 7) is 5.02. The minimum absolute atomic E-state index is 0.352. The van der Waals surface area contributed by atoms with Gasteiger partial charge in [-0.25, -0.2) is 0 Å². The third kappa shape index (κ3) is 2.44. The van der Waals surface area contributed by atoms with Gasteiger partial charge in [-0.15, -0.1) is 0 Å². The highest BCUT2D eigenvalue weighted by Crippen LogP contribution is 2.41. The third-order valence-electron chi connectivity index (χ3n) is 3.51. The Balaban J connectivity index is 2.20. The van der Waals surface area contributed by atoms with Gasteiger partial charge in [-0.05, 0) is 32.1 Å². The van der Waals surface area contributed by atoms with Gasteiger partial charge >= 0.3 is 6.01 Å². The highest BCUT2D eigenvalue weighted by molar-refractivity contribution is 5.20. The highest BCUT2D eigenvalue weighted by Gasteiger charge is 2.40. The van der Waals surface area contributed by atoms with Crippen molar-refractivity contribution in [2.45, 2.75) is 45.1 Å². The van der Waals surface area contributed by atoms with Crippen LogP contribution in [-0.4, -0.2) is 23.8 Å². The first-order valence-electron chi connectivity index (χ1n) is 6.33. The van der Waals surface area contributed by atoms with E-state index in [1.54, 1.807) is 7.11 Å². The summed E-state index contributed by atoms with van der Waals surface area (Å²) in [7, 11) is 1.74. The molecule has 0 aromatic carbocycles. The number of rotatable bonds is 4. The molecule has 0 radical (unpaired) electrons. The number of methoxy groups -OCH3 is 1. The van der Waals surface area contributed by atoms with E-state index in [1.165, 1.54) is 6.42 Å². The molecule has 0 amide bonds. The zero-order chi connectivity index (χ0) is 12.3. The summed E-state index contributed by atoms with van der Waals surface area (Å²) in [6, 6.07) is 0.483. The van der Waals surface area contributed by atoms with Crippen LogP contribution in [0.2, 0.25) is 0 Å². The summed E-state index contributed by atoms with van der Waals surface area (Å²) in [5.74, 6) is 1.33. The maximum absolute atomic E-state index is 5.71. The molecule has 1 aliphatic carbocycles. The first-order valence-corrected chi connectivity index (χ1v) is 6.33. The van der Waals surface area contributed by atoms with E-state index in [4.69, 9.17) is 9.26 Å². The molecule has 0 saturated heterocycles. The lowest BCUT2D eigenvalue weighted by Crippen LogP contribution is -2.35. The van der Waals surface area contributed by atoms with Gasteiger partial charge in [0.2, 0.25) is 5.82 Å². The molecular formula is C12H21N3O2. The Morgan fingerprint density at radius 3 is 3.06 bits per heavy atom. The topological polar surface area (TPSA) is 60.2 Å². The van der Waals surface area contributed by atoms with Crippen molar-refractivity contribution in [1.82, 2.24) is 10.1 Å². The van der Waals surface area contributed by atoms with E-state index >= 15 is 0 Å². The minimum atomic E-state index is -0.352. The highest BCUT2D eigenvalue weighted by atomic mass is 16.5. The Bertz CT molecular complexity index is 366. The average molecular weight is 239 g/mol. The maximum atomic E-state index is 5.71. The number of anilines is 1. The summed E-state index contributed by atoms with van der Waals surface area (Å²) < 4.78 is 10.9. The first-order chi connectivity index (χ1) is 8.20. The number of aromatic nitrogens is 2. The van der Waals surface area contributed by atoms with E-state index in [9.17, 15) is 0 Å². The van der Waals surface area contributed by atoms with Crippen LogP contribution in [-0.2, 0) is 10.3 Å². The maximum Gasteiger partial charge on any atom is 0.321 e. The van der Waals surface area contributed by atoms with E-state index in [0.717, 1.165) is 25.8 Å². The second-order valence-electron chi connectivity index (χ2n) is 4.85. The number of ether oxygens (including phenoxy) is 1. The van der Waals surface area contributed by atoms with Gasteiger partial charge in [-0.2, -0.15) is 4.98 Å². The zero-order valence-corrected chi connectivity index (χ0v) is 10.8. The fraction of sp³-hybridized carbons (Fsp3) is 0.833. The molecule has 2 atom stereocenters. The Hall–Kier alpha value is -1.10. The van der Waals surface area contributed by atoms with Crippen LogP contribution in [0.5, 0.6) is 0 Å². The smallest absolute Gasteiger partial charge is 0.321 e. The molecule has 0 bridgehead atoms. The van der Waals surface area contributed by atoms with E-state index in [0.29, 0.717) is 17.8 Å². The molecule has 2 rings (SSSR count). The number of nitrogens with zero attached hydrogens (tertiary/aromatic N) is 2. The van der Waals surface area contributed by atoms with Crippen LogP contribution in [0.3, 0.4) is 0 Å². The van der Waals surface area contributed by atoms with Gasteiger partial charge in [-0.3, -0.25) is 0 Å². The van der Waals surface area contributed by atoms with E-state index in [2.05, 4.69) is 22.4 Å². The van der Waals surface area contributed by atoms with Crippen molar-refractivity contribution in [3.8, 4) is 0 Å². The molecule has 96 valence electrons. The lowest BCUT2D eigenvalue weighted by molar-refractivity contribution is -0.0658. The Labute approximate surface area is 102 Å². The normalized spacial score (nSPS) is 29.2. The van der Waals surface area contributed by atoms with Gasteiger partial charge in [0.05, 0.1) is 0 Å². The fourth-order valence-electron chi connectivity index (χ4n) is 2.61. The molecule has 0 aliphatic heterocycles. The largest absolute Gasteiger partial charge is 0.370 e. The summed E-state index contributed by atoms with van der Waals surface area (Å²) in [6.07, 6.45) is 4.34. The zero-order valence-electron chi connectivity index (χ0n) is 10.8. The van der Waals surface area contributed by atoms with Crippen molar-refractivity contribution in [3.63, 3.8) is 0 Å². The second-order valence-corrected chi connectivity index (χ2v) is 4.85. The molecular weight excluding hydrogens is 218 g/mol. The van der Waals surface area contributed by atoms with Crippen LogP contribution >= 0.6 is 0 Å². The van der Waals surface area contributed by atoms with Crippen LogP contribution in [0, 0.1) is 5.92 Å². The summed E-state index contributed by atoms with van der Waals surface area (Å²) in [4.78, 5) is 4.39. The molecule has 1 aromatic rings. The van der Waals surface area contributed by atoms with Gasteiger partial charge in [0.15, 0.2) is 0 Å². The minimum Gasteiger partial charge on any atom is -0.370 e. The van der Waals surface area contributed by atoms with E-state index in [-0.39, 0.29) is 5.60 Å². The molecule has 2 unspecified atom stereocenters. The summed E-state index contributed by atoms with van der Waals surface area (Å²) >= 11 is 0.